The van der Waals surface area contributed by atoms with E-state index >= 15 is 0 Å². The van der Waals surface area contributed by atoms with Gasteiger partial charge in [0.15, 0.2) is 5.41 Å². The minimum absolute atomic E-state index is 0.395. The zero-order valence-electron chi connectivity index (χ0n) is 10.0. The van der Waals surface area contributed by atoms with Gasteiger partial charge in [0.05, 0.1) is 14.2 Å². The number of allylic oxidation sites excluding steroid dienone is 2. The molecule has 0 amide bonds. The third kappa shape index (κ3) is 2.26. The molecule has 0 saturated heterocycles. The molecular formula is C12H18O4. The largest absolute Gasteiger partial charge is 0.468 e. The summed E-state index contributed by atoms with van der Waals surface area (Å²) < 4.78 is 9.51. The van der Waals surface area contributed by atoms with Crippen LogP contribution in [0, 0.1) is 5.41 Å². The summed E-state index contributed by atoms with van der Waals surface area (Å²) in [5.74, 6) is -0.983. The first-order chi connectivity index (χ1) is 7.56. The van der Waals surface area contributed by atoms with Crippen LogP contribution in [-0.4, -0.2) is 26.2 Å². The maximum atomic E-state index is 11.8. The Labute approximate surface area is 95.6 Å². The van der Waals surface area contributed by atoms with Crippen LogP contribution in [0.4, 0.5) is 0 Å². The van der Waals surface area contributed by atoms with Gasteiger partial charge in [-0.2, -0.15) is 0 Å². The van der Waals surface area contributed by atoms with Crippen molar-refractivity contribution in [3.05, 3.63) is 11.6 Å². The molecule has 0 aromatic heterocycles. The number of carbonyl (C=O) groups excluding carboxylic acids is 2. The van der Waals surface area contributed by atoms with Crippen LogP contribution in [0.1, 0.15) is 32.6 Å². The van der Waals surface area contributed by atoms with Crippen molar-refractivity contribution in [3.8, 4) is 0 Å². The lowest BCUT2D eigenvalue weighted by atomic mass is 9.79. The molecule has 1 aliphatic rings. The molecule has 0 radical (unpaired) electrons. The number of hydrogen-bond acceptors (Lipinski definition) is 4. The number of rotatable bonds is 2. The van der Waals surface area contributed by atoms with E-state index in [4.69, 9.17) is 9.47 Å². The molecule has 0 aromatic carbocycles. The van der Waals surface area contributed by atoms with Crippen molar-refractivity contribution in [1.82, 2.24) is 0 Å². The van der Waals surface area contributed by atoms with Gasteiger partial charge in [-0.25, -0.2) is 0 Å². The van der Waals surface area contributed by atoms with E-state index in [2.05, 4.69) is 6.08 Å². The number of carbonyl (C=O) groups is 2. The molecule has 0 unspecified atom stereocenters. The second-order valence-corrected chi connectivity index (χ2v) is 4.18. The second-order valence-electron chi connectivity index (χ2n) is 4.18. The summed E-state index contributed by atoms with van der Waals surface area (Å²) in [5.41, 5.74) is -0.103. The van der Waals surface area contributed by atoms with Crippen LogP contribution in [0.3, 0.4) is 0 Å². The maximum Gasteiger partial charge on any atom is 0.323 e. The van der Waals surface area contributed by atoms with Gasteiger partial charge >= 0.3 is 11.9 Å². The van der Waals surface area contributed by atoms with Crippen molar-refractivity contribution < 1.29 is 19.1 Å². The average Bonchev–Trinajstić information content (AvgIpc) is 2.49. The Morgan fingerprint density at radius 1 is 1.25 bits per heavy atom. The molecular weight excluding hydrogens is 208 g/mol. The first-order valence-corrected chi connectivity index (χ1v) is 5.39. The molecule has 0 aliphatic heterocycles. The molecule has 4 nitrogen and oxygen atoms in total. The Morgan fingerprint density at radius 2 is 1.81 bits per heavy atom. The van der Waals surface area contributed by atoms with Gasteiger partial charge in [-0.15, -0.1) is 0 Å². The zero-order chi connectivity index (χ0) is 12.2. The molecule has 0 spiro atoms. The average molecular weight is 226 g/mol. The molecule has 90 valence electrons. The van der Waals surface area contributed by atoms with Gasteiger partial charge in [0.2, 0.25) is 0 Å². The number of esters is 2. The van der Waals surface area contributed by atoms with Gasteiger partial charge in [-0.3, -0.25) is 9.59 Å². The SMILES string of the molecule is COC(=O)C1(C(=O)OC)CCCC=C(C)C1. The predicted molar refractivity (Wildman–Crippen MR) is 58.7 cm³/mol. The van der Waals surface area contributed by atoms with Crippen LogP contribution < -0.4 is 0 Å². The van der Waals surface area contributed by atoms with Crippen molar-refractivity contribution in [2.45, 2.75) is 32.6 Å². The molecule has 0 heterocycles. The van der Waals surface area contributed by atoms with E-state index in [9.17, 15) is 9.59 Å². The van der Waals surface area contributed by atoms with Crippen molar-refractivity contribution in [2.75, 3.05) is 14.2 Å². The quantitative estimate of drug-likeness (QED) is 0.409. The lowest BCUT2D eigenvalue weighted by Crippen LogP contribution is -2.41. The fourth-order valence-corrected chi connectivity index (χ4v) is 2.21. The highest BCUT2D eigenvalue weighted by atomic mass is 16.5. The first kappa shape index (κ1) is 12.7. The molecule has 0 atom stereocenters. The summed E-state index contributed by atoms with van der Waals surface area (Å²) in [7, 11) is 2.61. The van der Waals surface area contributed by atoms with Crippen LogP contribution in [0.5, 0.6) is 0 Å². The predicted octanol–water partition coefficient (Wildman–Crippen LogP) is 1.84. The van der Waals surface area contributed by atoms with Crippen LogP contribution in [0.25, 0.3) is 0 Å². The molecule has 1 rings (SSSR count). The number of ether oxygens (including phenoxy) is 2. The highest BCUT2D eigenvalue weighted by Crippen LogP contribution is 2.37. The van der Waals surface area contributed by atoms with Crippen molar-refractivity contribution in [2.24, 2.45) is 5.41 Å². The highest BCUT2D eigenvalue weighted by Gasteiger charge is 2.48. The van der Waals surface area contributed by atoms with Crippen LogP contribution in [0.15, 0.2) is 11.6 Å². The molecule has 0 saturated carbocycles. The fourth-order valence-electron chi connectivity index (χ4n) is 2.21. The molecule has 4 heteroatoms. The summed E-state index contributed by atoms with van der Waals surface area (Å²) in [6, 6.07) is 0. The van der Waals surface area contributed by atoms with Gasteiger partial charge in [-0.05, 0) is 32.6 Å². The third-order valence-corrected chi connectivity index (χ3v) is 3.03. The number of hydrogen-bond donors (Lipinski definition) is 0. The van der Waals surface area contributed by atoms with E-state index < -0.39 is 17.4 Å². The van der Waals surface area contributed by atoms with E-state index in [1.165, 1.54) is 14.2 Å². The fraction of sp³-hybridized carbons (Fsp3) is 0.667. The Hall–Kier alpha value is -1.32. The van der Waals surface area contributed by atoms with Crippen molar-refractivity contribution in [3.63, 3.8) is 0 Å². The lowest BCUT2D eigenvalue weighted by molar-refractivity contribution is -0.169. The van der Waals surface area contributed by atoms with E-state index in [1.54, 1.807) is 0 Å². The standard InChI is InChI=1S/C12H18O4/c1-9-6-4-5-7-12(8-9,10(13)15-2)11(14)16-3/h6H,4-5,7-8H2,1-3H3. The van der Waals surface area contributed by atoms with Gasteiger partial charge in [0.1, 0.15) is 0 Å². The molecule has 0 fully saturated rings. The summed E-state index contributed by atoms with van der Waals surface area (Å²) >= 11 is 0. The minimum atomic E-state index is -1.14. The maximum absolute atomic E-state index is 11.8. The molecule has 1 aliphatic carbocycles. The number of methoxy groups -OCH3 is 2. The smallest absolute Gasteiger partial charge is 0.323 e. The molecule has 0 aromatic rings. The van der Waals surface area contributed by atoms with E-state index in [0.29, 0.717) is 12.8 Å². The van der Waals surface area contributed by atoms with E-state index in [-0.39, 0.29) is 0 Å². The topological polar surface area (TPSA) is 52.6 Å². The lowest BCUT2D eigenvalue weighted by Gasteiger charge is -2.27. The summed E-state index contributed by atoms with van der Waals surface area (Å²) in [5, 5.41) is 0. The Kier molecular flexibility index (Phi) is 4.10. The van der Waals surface area contributed by atoms with Gasteiger partial charge in [0.25, 0.3) is 0 Å². The normalized spacial score (nSPS) is 19.3. The van der Waals surface area contributed by atoms with Crippen LogP contribution in [-0.2, 0) is 19.1 Å². The van der Waals surface area contributed by atoms with Gasteiger partial charge in [-0.1, -0.05) is 11.6 Å². The summed E-state index contributed by atoms with van der Waals surface area (Å²) in [6.07, 6.45) is 4.63. The first-order valence-electron chi connectivity index (χ1n) is 5.39. The van der Waals surface area contributed by atoms with Crippen molar-refractivity contribution in [1.29, 1.82) is 0 Å². The second kappa shape index (κ2) is 5.14. The van der Waals surface area contributed by atoms with Crippen molar-refractivity contribution >= 4 is 11.9 Å². The third-order valence-electron chi connectivity index (χ3n) is 3.03. The molecule has 16 heavy (non-hydrogen) atoms. The highest BCUT2D eigenvalue weighted by molar-refractivity contribution is 6.00. The van der Waals surface area contributed by atoms with Gasteiger partial charge < -0.3 is 9.47 Å². The molecule has 0 N–H and O–H groups in total. The Balaban J connectivity index is 3.07. The summed E-state index contributed by atoms with van der Waals surface area (Å²) in [4.78, 5) is 23.7. The van der Waals surface area contributed by atoms with Gasteiger partial charge in [0, 0.05) is 0 Å². The Morgan fingerprint density at radius 3 is 2.31 bits per heavy atom. The van der Waals surface area contributed by atoms with E-state index in [1.807, 2.05) is 6.92 Å². The zero-order valence-corrected chi connectivity index (χ0v) is 10.0. The van der Waals surface area contributed by atoms with Crippen LogP contribution in [0.2, 0.25) is 0 Å². The van der Waals surface area contributed by atoms with Crippen LogP contribution >= 0.6 is 0 Å². The van der Waals surface area contributed by atoms with E-state index in [0.717, 1.165) is 18.4 Å². The summed E-state index contributed by atoms with van der Waals surface area (Å²) in [6.45, 7) is 1.92. The minimum Gasteiger partial charge on any atom is -0.468 e. The monoisotopic (exact) mass is 226 g/mol. The Bertz CT molecular complexity index is 301. The molecule has 0 bridgehead atoms.